The Labute approximate surface area is 107 Å². The third-order valence-corrected chi connectivity index (χ3v) is 3.87. The van der Waals surface area contributed by atoms with Gasteiger partial charge in [0.05, 0.1) is 11.7 Å². The van der Waals surface area contributed by atoms with Crippen LogP contribution in [0.5, 0.6) is 5.75 Å². The van der Waals surface area contributed by atoms with Crippen molar-refractivity contribution in [2.75, 3.05) is 14.2 Å². The maximum absolute atomic E-state index is 13.4. The summed E-state index contributed by atoms with van der Waals surface area (Å²) in [5.41, 5.74) is 0.200. The summed E-state index contributed by atoms with van der Waals surface area (Å²) >= 11 is 0. The molecule has 0 atom stereocenters. The van der Waals surface area contributed by atoms with Crippen LogP contribution >= 0.6 is 0 Å². The summed E-state index contributed by atoms with van der Waals surface area (Å²) in [4.78, 5) is 0. The van der Waals surface area contributed by atoms with Crippen molar-refractivity contribution in [1.82, 2.24) is 0 Å². The topological polar surface area (TPSA) is 38.7 Å². The minimum absolute atomic E-state index is 0.0599. The monoisotopic (exact) mass is 254 g/mol. The van der Waals surface area contributed by atoms with Gasteiger partial charge in [0.25, 0.3) is 0 Å². The summed E-state index contributed by atoms with van der Waals surface area (Å²) in [6.45, 7) is 0. The van der Waals surface area contributed by atoms with Gasteiger partial charge < -0.3 is 14.6 Å². The third-order valence-electron chi connectivity index (χ3n) is 3.87. The molecule has 18 heavy (non-hydrogen) atoms. The van der Waals surface area contributed by atoms with Crippen LogP contribution < -0.4 is 0 Å². The summed E-state index contributed by atoms with van der Waals surface area (Å²) < 4.78 is 24.4. The summed E-state index contributed by atoms with van der Waals surface area (Å²) in [5, 5.41) is 9.51. The van der Waals surface area contributed by atoms with Crippen molar-refractivity contribution in [2.24, 2.45) is 0 Å². The quantitative estimate of drug-likeness (QED) is 0.901. The third kappa shape index (κ3) is 2.49. The molecular weight excluding hydrogens is 235 g/mol. The molecule has 0 spiro atoms. The molecule has 0 bridgehead atoms. The average Bonchev–Trinajstić information content (AvgIpc) is 2.37. The molecule has 0 heterocycles. The Morgan fingerprint density at radius 2 is 1.89 bits per heavy atom. The number of rotatable bonds is 3. The van der Waals surface area contributed by atoms with Crippen molar-refractivity contribution in [3.8, 4) is 5.75 Å². The number of phenolic OH excluding ortho intramolecular Hbond substituents is 1. The molecule has 0 aliphatic heterocycles. The van der Waals surface area contributed by atoms with Gasteiger partial charge in [-0.15, -0.1) is 0 Å². The van der Waals surface area contributed by atoms with Crippen LogP contribution in [0, 0.1) is 5.82 Å². The lowest BCUT2D eigenvalue weighted by Gasteiger charge is -2.39. The van der Waals surface area contributed by atoms with E-state index in [1.807, 2.05) is 0 Å². The van der Waals surface area contributed by atoms with Crippen LogP contribution in [0.1, 0.15) is 31.2 Å². The van der Waals surface area contributed by atoms with Crippen LogP contribution in [-0.2, 0) is 15.1 Å². The predicted octanol–water partition coefficient (Wildman–Crippen LogP) is 2.96. The molecule has 1 saturated carbocycles. The van der Waals surface area contributed by atoms with Crippen LogP contribution in [0.2, 0.25) is 0 Å². The molecule has 3 nitrogen and oxygen atoms in total. The summed E-state index contributed by atoms with van der Waals surface area (Å²) in [6.07, 6.45) is 3.54. The van der Waals surface area contributed by atoms with Crippen LogP contribution in [0.4, 0.5) is 4.39 Å². The van der Waals surface area contributed by atoms with E-state index >= 15 is 0 Å². The Bertz CT molecular complexity index is 391. The molecule has 0 aromatic heterocycles. The number of hydrogen-bond acceptors (Lipinski definition) is 3. The van der Waals surface area contributed by atoms with E-state index in [9.17, 15) is 9.50 Å². The molecule has 100 valence electrons. The van der Waals surface area contributed by atoms with E-state index in [4.69, 9.17) is 9.47 Å². The number of halogens is 1. The van der Waals surface area contributed by atoms with Crippen molar-refractivity contribution in [2.45, 2.75) is 37.4 Å². The highest BCUT2D eigenvalue weighted by Crippen LogP contribution is 2.41. The Hall–Kier alpha value is -1.13. The first-order valence-corrected chi connectivity index (χ1v) is 6.17. The maximum atomic E-state index is 13.4. The zero-order chi connectivity index (χ0) is 13.2. The first-order chi connectivity index (χ1) is 8.59. The van der Waals surface area contributed by atoms with Crippen LogP contribution in [0.3, 0.4) is 0 Å². The van der Waals surface area contributed by atoms with Crippen molar-refractivity contribution in [1.29, 1.82) is 0 Å². The number of methoxy groups -OCH3 is 2. The second kappa shape index (κ2) is 5.24. The molecule has 0 amide bonds. The molecule has 1 aliphatic rings. The zero-order valence-electron chi connectivity index (χ0n) is 10.8. The number of ether oxygens (including phenoxy) is 2. The molecule has 4 heteroatoms. The number of aromatic hydroxyl groups is 1. The lowest BCUT2D eigenvalue weighted by Crippen LogP contribution is -2.36. The molecule has 0 radical (unpaired) electrons. The van der Waals surface area contributed by atoms with E-state index in [0.29, 0.717) is 5.56 Å². The van der Waals surface area contributed by atoms with Crippen molar-refractivity contribution in [3.05, 3.63) is 29.6 Å². The van der Waals surface area contributed by atoms with Crippen molar-refractivity contribution in [3.63, 3.8) is 0 Å². The molecule has 1 N–H and O–H groups in total. The standard InChI is InChI=1S/C14H19FO3/c1-17-13-3-5-14(18-2,6-4-13)10-7-11(15)9-12(16)8-10/h7-9,13,16H,3-6H2,1-2H3/t13-,14-. The van der Waals surface area contributed by atoms with Crippen molar-refractivity contribution >= 4 is 0 Å². The molecule has 1 fully saturated rings. The summed E-state index contributed by atoms with van der Waals surface area (Å²) in [7, 11) is 3.34. The van der Waals surface area contributed by atoms with Crippen LogP contribution in [0.15, 0.2) is 18.2 Å². The Balaban J connectivity index is 2.27. The van der Waals surface area contributed by atoms with E-state index in [1.54, 1.807) is 20.3 Å². The highest BCUT2D eigenvalue weighted by atomic mass is 19.1. The zero-order valence-corrected chi connectivity index (χ0v) is 10.8. The second-order valence-corrected chi connectivity index (χ2v) is 4.83. The minimum atomic E-state index is -0.505. The van der Waals surface area contributed by atoms with Gasteiger partial charge in [0.2, 0.25) is 0 Å². The van der Waals surface area contributed by atoms with Gasteiger partial charge in [-0.3, -0.25) is 0 Å². The molecule has 1 aromatic carbocycles. The predicted molar refractivity (Wildman–Crippen MR) is 66.0 cm³/mol. The second-order valence-electron chi connectivity index (χ2n) is 4.83. The largest absolute Gasteiger partial charge is 0.508 e. The van der Waals surface area contributed by atoms with Crippen LogP contribution in [0.25, 0.3) is 0 Å². The highest BCUT2D eigenvalue weighted by molar-refractivity contribution is 5.33. The fourth-order valence-corrected chi connectivity index (χ4v) is 2.74. The van der Waals surface area contributed by atoms with Gasteiger partial charge in [-0.2, -0.15) is 0 Å². The van der Waals surface area contributed by atoms with E-state index in [0.717, 1.165) is 31.7 Å². The normalized spacial score (nSPS) is 28.3. The number of phenols is 1. The minimum Gasteiger partial charge on any atom is -0.508 e. The number of benzene rings is 1. The average molecular weight is 254 g/mol. The fraction of sp³-hybridized carbons (Fsp3) is 0.571. The van der Waals surface area contributed by atoms with Gasteiger partial charge in [-0.1, -0.05) is 0 Å². The SMILES string of the molecule is CO[C@H]1CC[C@@](OC)(c2cc(O)cc(F)c2)CC1. The van der Waals surface area contributed by atoms with Gasteiger partial charge in [0.15, 0.2) is 0 Å². The highest BCUT2D eigenvalue weighted by Gasteiger charge is 2.37. The molecule has 2 rings (SSSR count). The lowest BCUT2D eigenvalue weighted by molar-refractivity contribution is -0.0764. The number of hydrogen-bond donors (Lipinski definition) is 1. The van der Waals surface area contributed by atoms with Gasteiger partial charge in [0, 0.05) is 20.3 Å². The molecule has 1 aromatic rings. The van der Waals surface area contributed by atoms with E-state index in [2.05, 4.69) is 0 Å². The van der Waals surface area contributed by atoms with Gasteiger partial charge in [-0.05, 0) is 43.4 Å². The van der Waals surface area contributed by atoms with Gasteiger partial charge in [-0.25, -0.2) is 4.39 Å². The molecule has 0 saturated heterocycles. The van der Waals surface area contributed by atoms with E-state index < -0.39 is 11.4 Å². The van der Waals surface area contributed by atoms with Gasteiger partial charge >= 0.3 is 0 Å². The molecule has 1 aliphatic carbocycles. The van der Waals surface area contributed by atoms with E-state index in [-0.39, 0.29) is 11.9 Å². The van der Waals surface area contributed by atoms with Crippen LogP contribution in [-0.4, -0.2) is 25.4 Å². The Morgan fingerprint density at radius 1 is 1.22 bits per heavy atom. The van der Waals surface area contributed by atoms with Gasteiger partial charge in [0.1, 0.15) is 11.6 Å². The maximum Gasteiger partial charge on any atom is 0.127 e. The fourth-order valence-electron chi connectivity index (χ4n) is 2.74. The smallest absolute Gasteiger partial charge is 0.127 e. The summed E-state index contributed by atoms with van der Waals surface area (Å²) in [6, 6.07) is 4.13. The summed E-state index contributed by atoms with van der Waals surface area (Å²) in [5.74, 6) is -0.495. The molecular formula is C14H19FO3. The Morgan fingerprint density at radius 3 is 2.39 bits per heavy atom. The first kappa shape index (κ1) is 13.3. The lowest BCUT2D eigenvalue weighted by atomic mass is 9.78. The Kier molecular flexibility index (Phi) is 3.88. The van der Waals surface area contributed by atoms with E-state index in [1.165, 1.54) is 6.07 Å². The van der Waals surface area contributed by atoms with Crippen molar-refractivity contribution < 1.29 is 19.0 Å². The first-order valence-electron chi connectivity index (χ1n) is 6.17. The molecule has 0 unspecified atom stereocenters.